The lowest BCUT2D eigenvalue weighted by atomic mass is 10.1. The molecule has 142 valence electrons. The maximum absolute atomic E-state index is 11.8. The van der Waals surface area contributed by atoms with Crippen LogP contribution in [0.1, 0.15) is 52.0 Å². The van der Waals surface area contributed by atoms with E-state index in [9.17, 15) is 9.90 Å². The number of unbranched alkanes of at least 4 members (excludes halogenated alkanes) is 2. The van der Waals surface area contributed by atoms with Crippen LogP contribution in [0.4, 0.5) is 0 Å². The van der Waals surface area contributed by atoms with E-state index in [0.29, 0.717) is 24.6 Å². The van der Waals surface area contributed by atoms with Crippen molar-refractivity contribution in [3.63, 3.8) is 0 Å². The Morgan fingerprint density at radius 1 is 1.32 bits per heavy atom. The molecule has 0 aliphatic rings. The molecule has 1 aromatic rings. The molecule has 0 aliphatic heterocycles. The molecule has 0 saturated carbocycles. The van der Waals surface area contributed by atoms with Gasteiger partial charge >= 0.3 is 0 Å². The fraction of sp³-hybridized carbons (Fsp3) is 0.550. The van der Waals surface area contributed by atoms with Crippen LogP contribution in [0.15, 0.2) is 30.4 Å². The second-order valence-electron chi connectivity index (χ2n) is 6.02. The highest BCUT2D eigenvalue weighted by molar-refractivity contribution is 5.75. The molecule has 5 nitrogen and oxygen atoms in total. The average molecular weight is 351 g/mol. The number of rotatable bonds is 9. The van der Waals surface area contributed by atoms with E-state index in [-0.39, 0.29) is 18.3 Å². The maximum atomic E-state index is 11.8. The summed E-state index contributed by atoms with van der Waals surface area (Å²) >= 11 is 0. The number of hydrogen-bond donors (Lipinski definition) is 3. The van der Waals surface area contributed by atoms with Crippen LogP contribution in [0, 0.1) is 5.92 Å². The summed E-state index contributed by atoms with van der Waals surface area (Å²) < 4.78 is 5.04. The number of methoxy groups -OCH3 is 1. The number of hydrogen-bond acceptors (Lipinski definition) is 4. The molecule has 0 fully saturated rings. The first-order valence-electron chi connectivity index (χ1n) is 8.84. The second kappa shape index (κ2) is 14.3. The Bertz CT molecular complexity index is 512. The number of carbonyl (C=O) groups excluding carboxylic acids is 1. The number of ether oxygens (including phenoxy) is 1. The third-order valence-corrected chi connectivity index (χ3v) is 3.28. The van der Waals surface area contributed by atoms with Gasteiger partial charge in [0.15, 0.2) is 11.5 Å². The molecule has 25 heavy (non-hydrogen) atoms. The Balaban J connectivity index is 0.00000178. The summed E-state index contributed by atoms with van der Waals surface area (Å²) in [6.07, 6.45) is 7.88. The molecule has 0 radical (unpaired) electrons. The highest BCUT2D eigenvalue weighted by Gasteiger charge is 2.04. The lowest BCUT2D eigenvalue weighted by Gasteiger charge is -2.08. The minimum atomic E-state index is 0.0554. The Morgan fingerprint density at radius 3 is 2.60 bits per heavy atom. The normalized spacial score (nSPS) is 10.5. The zero-order valence-corrected chi connectivity index (χ0v) is 15.9. The Morgan fingerprint density at radius 2 is 2.00 bits per heavy atom. The SMILES string of the molecule is CCO.COc1cc(CNC(=O)CCCC/C=C/C(C)C)ccc1O. The number of aliphatic hydroxyl groups is 1. The number of phenolic OH excluding ortho intramolecular Hbond substituents is 1. The lowest BCUT2D eigenvalue weighted by Crippen LogP contribution is -2.22. The summed E-state index contributed by atoms with van der Waals surface area (Å²) in [6, 6.07) is 5.07. The third kappa shape index (κ3) is 12.1. The van der Waals surface area contributed by atoms with Gasteiger partial charge in [0.1, 0.15) is 0 Å². The zero-order valence-electron chi connectivity index (χ0n) is 15.9. The number of carbonyl (C=O) groups is 1. The van der Waals surface area contributed by atoms with Crippen LogP contribution in [-0.2, 0) is 11.3 Å². The topological polar surface area (TPSA) is 78.8 Å². The molecule has 0 spiro atoms. The van der Waals surface area contributed by atoms with Gasteiger partial charge in [0, 0.05) is 19.6 Å². The van der Waals surface area contributed by atoms with Crippen molar-refractivity contribution >= 4 is 5.91 Å². The molecule has 0 unspecified atom stereocenters. The van der Waals surface area contributed by atoms with Gasteiger partial charge in [0.05, 0.1) is 7.11 Å². The Hall–Kier alpha value is -2.01. The average Bonchev–Trinajstić information content (AvgIpc) is 2.57. The van der Waals surface area contributed by atoms with Crippen molar-refractivity contribution in [1.29, 1.82) is 0 Å². The van der Waals surface area contributed by atoms with Crippen molar-refractivity contribution in [3.8, 4) is 11.5 Å². The van der Waals surface area contributed by atoms with E-state index in [0.717, 1.165) is 24.8 Å². The van der Waals surface area contributed by atoms with Gasteiger partial charge in [-0.2, -0.15) is 0 Å². The molecule has 1 amide bonds. The first-order valence-corrected chi connectivity index (χ1v) is 8.84. The summed E-state index contributed by atoms with van der Waals surface area (Å²) in [6.45, 7) is 6.69. The molecule has 0 bridgehead atoms. The monoisotopic (exact) mass is 351 g/mol. The smallest absolute Gasteiger partial charge is 0.220 e. The van der Waals surface area contributed by atoms with Crippen LogP contribution in [0.25, 0.3) is 0 Å². The number of aliphatic hydroxyl groups excluding tert-OH is 1. The molecule has 0 aliphatic carbocycles. The summed E-state index contributed by atoms with van der Waals surface area (Å²) in [5.74, 6) is 1.17. The van der Waals surface area contributed by atoms with Crippen LogP contribution in [-0.4, -0.2) is 29.8 Å². The van der Waals surface area contributed by atoms with Crippen molar-refractivity contribution in [2.24, 2.45) is 5.92 Å². The Kier molecular flexibility index (Phi) is 13.2. The first-order chi connectivity index (χ1) is 11.9. The van der Waals surface area contributed by atoms with E-state index in [1.54, 1.807) is 25.1 Å². The molecular formula is C20H33NO4. The van der Waals surface area contributed by atoms with Gasteiger partial charge in [0.25, 0.3) is 0 Å². The number of nitrogens with one attached hydrogen (secondary N) is 1. The van der Waals surface area contributed by atoms with E-state index in [1.807, 2.05) is 0 Å². The van der Waals surface area contributed by atoms with Crippen molar-refractivity contribution in [2.75, 3.05) is 13.7 Å². The molecule has 0 atom stereocenters. The summed E-state index contributed by atoms with van der Waals surface area (Å²) in [4.78, 5) is 11.8. The van der Waals surface area contributed by atoms with E-state index in [4.69, 9.17) is 9.84 Å². The number of allylic oxidation sites excluding steroid dienone is 2. The fourth-order valence-electron chi connectivity index (χ4n) is 2.04. The molecule has 1 rings (SSSR count). The van der Waals surface area contributed by atoms with Crippen molar-refractivity contribution < 1.29 is 19.7 Å². The molecule has 0 heterocycles. The first kappa shape index (κ1) is 23.0. The number of phenols is 1. The molecule has 3 N–H and O–H groups in total. The highest BCUT2D eigenvalue weighted by atomic mass is 16.5. The van der Waals surface area contributed by atoms with Crippen LogP contribution in [0.5, 0.6) is 11.5 Å². The molecule has 1 aromatic carbocycles. The summed E-state index contributed by atoms with van der Waals surface area (Å²) in [5, 5.41) is 20.0. The zero-order chi connectivity index (χ0) is 19.1. The second-order valence-corrected chi connectivity index (χ2v) is 6.02. The molecule has 0 saturated heterocycles. The summed E-state index contributed by atoms with van der Waals surface area (Å²) in [5.41, 5.74) is 0.905. The Labute approximate surface area is 151 Å². The van der Waals surface area contributed by atoms with Crippen LogP contribution < -0.4 is 10.1 Å². The number of amides is 1. The van der Waals surface area contributed by atoms with Gasteiger partial charge in [-0.1, -0.05) is 32.1 Å². The fourth-order valence-corrected chi connectivity index (χ4v) is 2.04. The lowest BCUT2D eigenvalue weighted by molar-refractivity contribution is -0.121. The third-order valence-electron chi connectivity index (χ3n) is 3.28. The van der Waals surface area contributed by atoms with Crippen LogP contribution in [0.3, 0.4) is 0 Å². The quantitative estimate of drug-likeness (QED) is 0.467. The molecule has 0 aromatic heterocycles. The number of benzene rings is 1. The largest absolute Gasteiger partial charge is 0.504 e. The van der Waals surface area contributed by atoms with Gasteiger partial charge < -0.3 is 20.3 Å². The standard InChI is InChI=1S/C18H27NO3.C2H6O/c1-14(2)8-6-4-5-7-9-18(21)19-13-15-10-11-16(20)17(12-15)22-3;1-2-3/h6,8,10-12,14,20H,4-5,7,9,13H2,1-3H3,(H,19,21);3H,2H2,1H3/b8-6+;. The van der Waals surface area contributed by atoms with Crippen molar-refractivity contribution in [3.05, 3.63) is 35.9 Å². The van der Waals surface area contributed by atoms with Gasteiger partial charge in [-0.05, 0) is 49.8 Å². The van der Waals surface area contributed by atoms with Crippen LogP contribution >= 0.6 is 0 Å². The predicted molar refractivity (Wildman–Crippen MR) is 102 cm³/mol. The van der Waals surface area contributed by atoms with Crippen molar-refractivity contribution in [1.82, 2.24) is 5.32 Å². The minimum Gasteiger partial charge on any atom is -0.504 e. The number of aromatic hydroxyl groups is 1. The maximum Gasteiger partial charge on any atom is 0.220 e. The van der Waals surface area contributed by atoms with Crippen molar-refractivity contribution in [2.45, 2.75) is 53.0 Å². The molecule has 5 heteroatoms. The van der Waals surface area contributed by atoms with Gasteiger partial charge in [-0.25, -0.2) is 0 Å². The van der Waals surface area contributed by atoms with Gasteiger partial charge in [-0.3, -0.25) is 4.79 Å². The summed E-state index contributed by atoms with van der Waals surface area (Å²) in [7, 11) is 1.51. The van der Waals surface area contributed by atoms with Gasteiger partial charge in [0.2, 0.25) is 5.91 Å². The minimum absolute atomic E-state index is 0.0554. The van der Waals surface area contributed by atoms with E-state index in [2.05, 4.69) is 31.3 Å². The van der Waals surface area contributed by atoms with E-state index >= 15 is 0 Å². The molecular weight excluding hydrogens is 318 g/mol. The van der Waals surface area contributed by atoms with E-state index < -0.39 is 0 Å². The van der Waals surface area contributed by atoms with E-state index in [1.165, 1.54) is 7.11 Å². The highest BCUT2D eigenvalue weighted by Crippen LogP contribution is 2.26. The van der Waals surface area contributed by atoms with Gasteiger partial charge in [-0.15, -0.1) is 0 Å². The van der Waals surface area contributed by atoms with Crippen LogP contribution in [0.2, 0.25) is 0 Å². The predicted octanol–water partition coefficient (Wildman–Crippen LogP) is 3.79.